The van der Waals surface area contributed by atoms with Gasteiger partial charge in [0.15, 0.2) is 11.5 Å². The molecule has 0 spiro atoms. The molecule has 0 aliphatic heterocycles. The summed E-state index contributed by atoms with van der Waals surface area (Å²) in [5.74, 6) is 1.77. The fourth-order valence-electron chi connectivity index (χ4n) is 1.77. The van der Waals surface area contributed by atoms with E-state index in [-0.39, 0.29) is 0 Å². The van der Waals surface area contributed by atoms with Gasteiger partial charge in [0.05, 0.1) is 26.9 Å². The van der Waals surface area contributed by atoms with Crippen LogP contribution in [0.4, 0.5) is 0 Å². The Labute approximate surface area is 102 Å². The molecule has 0 amide bonds. The lowest BCUT2D eigenvalue weighted by atomic mass is 9.97. The highest BCUT2D eigenvalue weighted by Gasteiger charge is 2.21. The highest BCUT2D eigenvalue weighted by atomic mass is 16.5. The van der Waals surface area contributed by atoms with Crippen molar-refractivity contribution in [2.24, 2.45) is 0 Å². The highest BCUT2D eigenvalue weighted by molar-refractivity contribution is 5.56. The van der Waals surface area contributed by atoms with Crippen LogP contribution in [0.15, 0.2) is 12.1 Å². The maximum Gasteiger partial charge on any atom is 0.203 e. The van der Waals surface area contributed by atoms with Crippen LogP contribution in [-0.2, 0) is 6.42 Å². The summed E-state index contributed by atoms with van der Waals surface area (Å²) >= 11 is 0. The predicted molar refractivity (Wildman–Crippen MR) is 66.1 cm³/mol. The van der Waals surface area contributed by atoms with Crippen LogP contribution in [0.1, 0.15) is 19.4 Å². The van der Waals surface area contributed by atoms with E-state index in [1.165, 1.54) is 0 Å². The SMILES string of the molecule is COc1ccc(CC(C)(C)O)c(OC)c1OC. The molecule has 0 heterocycles. The summed E-state index contributed by atoms with van der Waals surface area (Å²) in [4.78, 5) is 0. The lowest BCUT2D eigenvalue weighted by molar-refractivity contribution is 0.0801. The van der Waals surface area contributed by atoms with Gasteiger partial charge in [0.1, 0.15) is 0 Å². The monoisotopic (exact) mass is 240 g/mol. The third-order valence-electron chi connectivity index (χ3n) is 2.41. The normalized spacial score (nSPS) is 11.2. The van der Waals surface area contributed by atoms with Gasteiger partial charge in [0.25, 0.3) is 0 Å². The zero-order valence-electron chi connectivity index (χ0n) is 11.0. The van der Waals surface area contributed by atoms with Crippen molar-refractivity contribution in [3.8, 4) is 17.2 Å². The summed E-state index contributed by atoms with van der Waals surface area (Å²) in [6, 6.07) is 3.68. The zero-order chi connectivity index (χ0) is 13.1. The summed E-state index contributed by atoms with van der Waals surface area (Å²) in [5, 5.41) is 9.85. The summed E-state index contributed by atoms with van der Waals surface area (Å²) in [7, 11) is 4.71. The molecule has 4 heteroatoms. The molecule has 4 nitrogen and oxygen atoms in total. The quantitative estimate of drug-likeness (QED) is 0.855. The van der Waals surface area contributed by atoms with Crippen molar-refractivity contribution in [3.63, 3.8) is 0 Å². The lowest BCUT2D eigenvalue weighted by Gasteiger charge is -2.21. The van der Waals surface area contributed by atoms with Crippen molar-refractivity contribution in [1.29, 1.82) is 0 Å². The molecule has 0 saturated carbocycles. The second kappa shape index (κ2) is 5.27. The average Bonchev–Trinajstić information content (AvgIpc) is 2.26. The first-order valence-corrected chi connectivity index (χ1v) is 5.43. The Morgan fingerprint density at radius 1 is 1.00 bits per heavy atom. The average molecular weight is 240 g/mol. The topological polar surface area (TPSA) is 47.9 Å². The van der Waals surface area contributed by atoms with E-state index < -0.39 is 5.60 Å². The van der Waals surface area contributed by atoms with Gasteiger partial charge in [-0.05, 0) is 19.9 Å². The molecule has 17 heavy (non-hydrogen) atoms. The van der Waals surface area contributed by atoms with Crippen LogP contribution in [0.25, 0.3) is 0 Å². The largest absolute Gasteiger partial charge is 0.493 e. The van der Waals surface area contributed by atoms with E-state index in [0.29, 0.717) is 23.7 Å². The van der Waals surface area contributed by atoms with Crippen molar-refractivity contribution >= 4 is 0 Å². The molecule has 0 fully saturated rings. The minimum atomic E-state index is -0.799. The number of hydrogen-bond donors (Lipinski definition) is 1. The molecule has 0 bridgehead atoms. The van der Waals surface area contributed by atoms with E-state index >= 15 is 0 Å². The Balaban J connectivity index is 3.23. The highest BCUT2D eigenvalue weighted by Crippen LogP contribution is 2.40. The van der Waals surface area contributed by atoms with Crippen molar-refractivity contribution in [1.82, 2.24) is 0 Å². The van der Waals surface area contributed by atoms with Gasteiger partial charge in [-0.15, -0.1) is 0 Å². The van der Waals surface area contributed by atoms with Gasteiger partial charge in [-0.25, -0.2) is 0 Å². The van der Waals surface area contributed by atoms with E-state index in [0.717, 1.165) is 5.56 Å². The first kappa shape index (κ1) is 13.6. The molecule has 0 atom stereocenters. The molecule has 0 unspecified atom stereocenters. The molecule has 0 aromatic heterocycles. The van der Waals surface area contributed by atoms with E-state index in [1.54, 1.807) is 35.2 Å². The Morgan fingerprint density at radius 2 is 1.59 bits per heavy atom. The van der Waals surface area contributed by atoms with Crippen molar-refractivity contribution in [2.75, 3.05) is 21.3 Å². The molecular weight excluding hydrogens is 220 g/mol. The molecule has 1 N–H and O–H groups in total. The van der Waals surface area contributed by atoms with E-state index in [9.17, 15) is 5.11 Å². The Bertz CT molecular complexity index is 380. The summed E-state index contributed by atoms with van der Waals surface area (Å²) < 4.78 is 15.8. The number of ether oxygens (including phenoxy) is 3. The van der Waals surface area contributed by atoms with E-state index in [1.807, 2.05) is 12.1 Å². The molecular formula is C13H20O4. The number of hydrogen-bond acceptors (Lipinski definition) is 4. The maximum absolute atomic E-state index is 9.85. The summed E-state index contributed by atoms with van der Waals surface area (Å²) in [5.41, 5.74) is 0.0880. The fraction of sp³-hybridized carbons (Fsp3) is 0.538. The Morgan fingerprint density at radius 3 is 2.00 bits per heavy atom. The molecule has 0 radical (unpaired) electrons. The predicted octanol–water partition coefficient (Wildman–Crippen LogP) is 2.03. The van der Waals surface area contributed by atoms with Gasteiger partial charge in [0.2, 0.25) is 5.75 Å². The maximum atomic E-state index is 9.85. The third-order valence-corrected chi connectivity index (χ3v) is 2.41. The van der Waals surface area contributed by atoms with Gasteiger partial charge in [-0.1, -0.05) is 6.07 Å². The standard InChI is InChI=1S/C13H20O4/c1-13(2,14)8-9-6-7-10(15-3)12(17-5)11(9)16-4/h6-7,14H,8H2,1-5H3. The summed E-state index contributed by atoms with van der Waals surface area (Å²) in [6.07, 6.45) is 0.483. The van der Waals surface area contributed by atoms with Crippen molar-refractivity contribution in [3.05, 3.63) is 17.7 Å². The zero-order valence-corrected chi connectivity index (χ0v) is 11.0. The van der Waals surface area contributed by atoms with Crippen LogP contribution in [0.2, 0.25) is 0 Å². The van der Waals surface area contributed by atoms with Gasteiger partial charge < -0.3 is 19.3 Å². The van der Waals surface area contributed by atoms with Gasteiger partial charge in [-0.2, -0.15) is 0 Å². The second-order valence-electron chi connectivity index (χ2n) is 4.48. The molecule has 0 aliphatic rings. The van der Waals surface area contributed by atoms with Crippen molar-refractivity contribution in [2.45, 2.75) is 25.9 Å². The Hall–Kier alpha value is -1.42. The number of methoxy groups -OCH3 is 3. The Kier molecular flexibility index (Phi) is 4.23. The first-order valence-electron chi connectivity index (χ1n) is 5.43. The number of rotatable bonds is 5. The summed E-state index contributed by atoms with van der Waals surface area (Å²) in [6.45, 7) is 3.51. The second-order valence-corrected chi connectivity index (χ2v) is 4.48. The van der Waals surface area contributed by atoms with Crippen LogP contribution in [0.5, 0.6) is 17.2 Å². The van der Waals surface area contributed by atoms with Gasteiger partial charge in [0, 0.05) is 12.0 Å². The fourth-order valence-corrected chi connectivity index (χ4v) is 1.77. The van der Waals surface area contributed by atoms with Crippen LogP contribution >= 0.6 is 0 Å². The van der Waals surface area contributed by atoms with Crippen molar-refractivity contribution < 1.29 is 19.3 Å². The molecule has 0 saturated heterocycles. The molecule has 1 rings (SSSR count). The minimum Gasteiger partial charge on any atom is -0.493 e. The van der Waals surface area contributed by atoms with Crippen LogP contribution < -0.4 is 14.2 Å². The van der Waals surface area contributed by atoms with Crippen LogP contribution in [0.3, 0.4) is 0 Å². The molecule has 1 aromatic rings. The number of aliphatic hydroxyl groups is 1. The lowest BCUT2D eigenvalue weighted by Crippen LogP contribution is -2.22. The van der Waals surface area contributed by atoms with E-state index in [4.69, 9.17) is 14.2 Å². The molecule has 1 aromatic carbocycles. The minimum absolute atomic E-state index is 0.483. The smallest absolute Gasteiger partial charge is 0.203 e. The third kappa shape index (κ3) is 3.27. The first-order chi connectivity index (χ1) is 7.92. The van der Waals surface area contributed by atoms with Gasteiger partial charge >= 0.3 is 0 Å². The van der Waals surface area contributed by atoms with Crippen LogP contribution in [0, 0.1) is 0 Å². The number of benzene rings is 1. The molecule has 96 valence electrons. The van der Waals surface area contributed by atoms with E-state index in [2.05, 4.69) is 0 Å². The molecule has 0 aliphatic carbocycles. The van der Waals surface area contributed by atoms with Gasteiger partial charge in [-0.3, -0.25) is 0 Å². The van der Waals surface area contributed by atoms with Crippen LogP contribution in [-0.4, -0.2) is 32.0 Å².